The highest BCUT2D eigenvalue weighted by Gasteiger charge is 2.32. The molecule has 1 aromatic rings. The number of nitrogens with one attached hydrogen (secondary N) is 1. The number of aromatic nitrogens is 3. The van der Waals surface area contributed by atoms with E-state index < -0.39 is 5.60 Å². The third-order valence-corrected chi connectivity index (χ3v) is 3.77. The Balaban J connectivity index is 1.98. The zero-order valence-electron chi connectivity index (χ0n) is 15.2. The average molecular weight is 347 g/mol. The molecule has 8 heteroatoms. The molecule has 1 N–H and O–H groups in total. The first-order valence-corrected chi connectivity index (χ1v) is 8.36. The molecule has 0 unspecified atom stereocenters. The monoisotopic (exact) mass is 347 g/mol. The van der Waals surface area contributed by atoms with Crippen molar-refractivity contribution in [2.45, 2.75) is 64.8 Å². The Morgan fingerprint density at radius 1 is 1.52 bits per heavy atom. The molecule has 2 atom stereocenters. The van der Waals surface area contributed by atoms with Crippen molar-refractivity contribution in [1.29, 1.82) is 0 Å². The van der Waals surface area contributed by atoms with Crippen molar-refractivity contribution in [2.75, 3.05) is 6.54 Å². The maximum atomic E-state index is 12.3. The molecule has 2 rings (SSSR count). The first-order chi connectivity index (χ1) is 11.7. The summed E-state index contributed by atoms with van der Waals surface area (Å²) >= 11 is 0. The van der Waals surface area contributed by atoms with Crippen molar-refractivity contribution >= 4 is 12.0 Å². The summed E-state index contributed by atoms with van der Waals surface area (Å²) in [5, 5.41) is 10.5. The van der Waals surface area contributed by atoms with Crippen molar-refractivity contribution in [3.63, 3.8) is 0 Å². The highest BCUT2D eigenvalue weighted by Crippen LogP contribution is 2.21. The van der Waals surface area contributed by atoms with Gasteiger partial charge in [-0.15, -0.1) is 11.5 Å². The molecule has 1 aliphatic rings. The number of terminal acetylenes is 1. The van der Waals surface area contributed by atoms with Crippen LogP contribution in [-0.2, 0) is 11.3 Å². The van der Waals surface area contributed by atoms with Gasteiger partial charge in [-0.1, -0.05) is 11.1 Å². The van der Waals surface area contributed by atoms with Crippen LogP contribution in [0, 0.1) is 12.3 Å². The number of carbonyl (C=O) groups is 2. The van der Waals surface area contributed by atoms with Crippen LogP contribution in [0.3, 0.4) is 0 Å². The smallest absolute Gasteiger partial charge is 0.410 e. The van der Waals surface area contributed by atoms with Gasteiger partial charge in [0.25, 0.3) is 5.91 Å². The molecule has 25 heavy (non-hydrogen) atoms. The Morgan fingerprint density at radius 3 is 2.88 bits per heavy atom. The molecule has 0 saturated carbocycles. The minimum absolute atomic E-state index is 0.0305. The van der Waals surface area contributed by atoms with Crippen molar-refractivity contribution in [3.8, 4) is 12.3 Å². The van der Waals surface area contributed by atoms with Crippen LogP contribution in [0.5, 0.6) is 0 Å². The summed E-state index contributed by atoms with van der Waals surface area (Å²) in [4.78, 5) is 26.0. The van der Waals surface area contributed by atoms with Crippen LogP contribution in [0.4, 0.5) is 4.79 Å². The molecule has 0 radical (unpaired) electrons. The quantitative estimate of drug-likeness (QED) is 0.832. The number of hydrogen-bond donors (Lipinski definition) is 1. The first-order valence-electron chi connectivity index (χ1n) is 8.36. The van der Waals surface area contributed by atoms with Crippen LogP contribution >= 0.6 is 0 Å². The second kappa shape index (κ2) is 7.55. The lowest BCUT2D eigenvalue weighted by atomic mass is 10.2. The van der Waals surface area contributed by atoms with E-state index in [9.17, 15) is 9.59 Å². The number of amides is 2. The molecule has 0 aliphatic carbocycles. The van der Waals surface area contributed by atoms with E-state index in [4.69, 9.17) is 11.2 Å². The molecule has 8 nitrogen and oxygen atoms in total. The number of carbonyl (C=O) groups excluding carboxylic acids is 2. The lowest BCUT2D eigenvalue weighted by molar-refractivity contribution is 0.0211. The van der Waals surface area contributed by atoms with Gasteiger partial charge in [0.15, 0.2) is 5.69 Å². The molecule has 0 spiro atoms. The van der Waals surface area contributed by atoms with Gasteiger partial charge in [0.05, 0.1) is 24.8 Å². The third-order valence-electron chi connectivity index (χ3n) is 3.77. The fourth-order valence-corrected chi connectivity index (χ4v) is 2.61. The molecule has 1 aromatic heterocycles. The lowest BCUT2D eigenvalue weighted by Gasteiger charge is -2.28. The Kier molecular flexibility index (Phi) is 5.67. The first kappa shape index (κ1) is 18.8. The third kappa shape index (κ3) is 5.21. The number of likely N-dealkylation sites (tertiary alicyclic amines) is 1. The fourth-order valence-electron chi connectivity index (χ4n) is 2.61. The van der Waals surface area contributed by atoms with Crippen LogP contribution in [0.15, 0.2) is 6.20 Å². The zero-order chi connectivity index (χ0) is 18.6. The number of ether oxygens (including phenoxy) is 1. The van der Waals surface area contributed by atoms with E-state index >= 15 is 0 Å². The Morgan fingerprint density at radius 2 is 2.24 bits per heavy atom. The maximum absolute atomic E-state index is 12.3. The number of rotatable bonds is 4. The predicted molar refractivity (Wildman–Crippen MR) is 91.7 cm³/mol. The average Bonchev–Trinajstić information content (AvgIpc) is 3.15. The summed E-state index contributed by atoms with van der Waals surface area (Å²) in [7, 11) is 0. The molecule has 0 bridgehead atoms. The molecule has 2 heterocycles. The molecule has 2 amide bonds. The van der Waals surface area contributed by atoms with Gasteiger partial charge >= 0.3 is 6.09 Å². The Labute approximate surface area is 147 Å². The number of hydrogen-bond acceptors (Lipinski definition) is 5. The summed E-state index contributed by atoms with van der Waals surface area (Å²) in [6.45, 7) is 8.35. The van der Waals surface area contributed by atoms with Crippen LogP contribution < -0.4 is 5.32 Å². The van der Waals surface area contributed by atoms with Crippen LogP contribution in [-0.4, -0.2) is 56.1 Å². The Hall–Kier alpha value is -2.56. The molecular formula is C17H25N5O3. The van der Waals surface area contributed by atoms with Gasteiger partial charge in [-0.2, -0.15) is 0 Å². The molecule has 136 valence electrons. The van der Waals surface area contributed by atoms with Gasteiger partial charge in [0.1, 0.15) is 5.60 Å². The molecule has 1 fully saturated rings. The fraction of sp³-hybridized carbons (Fsp3) is 0.647. The zero-order valence-corrected chi connectivity index (χ0v) is 15.2. The van der Waals surface area contributed by atoms with Crippen molar-refractivity contribution < 1.29 is 14.3 Å². The summed E-state index contributed by atoms with van der Waals surface area (Å²) in [6.07, 6.45) is 8.25. The maximum Gasteiger partial charge on any atom is 0.410 e. The van der Waals surface area contributed by atoms with Crippen LogP contribution in [0.2, 0.25) is 0 Å². The summed E-state index contributed by atoms with van der Waals surface area (Å²) in [5.74, 6) is 2.05. The van der Waals surface area contributed by atoms with Crippen LogP contribution in [0.25, 0.3) is 0 Å². The van der Waals surface area contributed by atoms with Crippen molar-refractivity contribution in [1.82, 2.24) is 25.2 Å². The highest BCUT2D eigenvalue weighted by molar-refractivity contribution is 5.92. The van der Waals surface area contributed by atoms with Gasteiger partial charge in [0, 0.05) is 6.54 Å². The Bertz CT molecular complexity index is 671. The normalized spacial score (nSPS) is 18.5. The molecule has 1 saturated heterocycles. The van der Waals surface area contributed by atoms with Gasteiger partial charge < -0.3 is 15.0 Å². The molecule has 0 aromatic carbocycles. The molecule has 1 aliphatic heterocycles. The summed E-state index contributed by atoms with van der Waals surface area (Å²) in [5.41, 5.74) is -0.333. The second-order valence-electron chi connectivity index (χ2n) is 7.16. The van der Waals surface area contributed by atoms with Gasteiger partial charge in [-0.05, 0) is 40.5 Å². The highest BCUT2D eigenvalue weighted by atomic mass is 16.6. The van der Waals surface area contributed by atoms with E-state index in [0.29, 0.717) is 13.1 Å². The second-order valence-corrected chi connectivity index (χ2v) is 7.16. The minimum atomic E-state index is -0.531. The van der Waals surface area contributed by atoms with Crippen molar-refractivity contribution in [2.24, 2.45) is 0 Å². The van der Waals surface area contributed by atoms with Crippen LogP contribution in [0.1, 0.15) is 51.0 Å². The van der Waals surface area contributed by atoms with E-state index in [0.717, 1.165) is 12.8 Å². The van der Waals surface area contributed by atoms with Gasteiger partial charge in [0.2, 0.25) is 0 Å². The predicted octanol–water partition coefficient (Wildman–Crippen LogP) is 1.43. The largest absolute Gasteiger partial charge is 0.444 e. The standard InChI is InChI=1S/C17H25N5O3/c1-6-12(2)18-15(23)14-11-21(20-19-14)10-13-8-7-9-22(13)16(24)25-17(3,4)5/h1,11-13H,7-10H2,2-5H3,(H,18,23)/t12-,13-/m0/s1. The minimum Gasteiger partial charge on any atom is -0.444 e. The summed E-state index contributed by atoms with van der Waals surface area (Å²) in [6, 6.07) is -0.410. The van der Waals surface area contributed by atoms with E-state index in [-0.39, 0.29) is 29.8 Å². The lowest BCUT2D eigenvalue weighted by Crippen LogP contribution is -2.41. The van der Waals surface area contributed by atoms with Gasteiger partial charge in [-0.25, -0.2) is 9.48 Å². The van der Waals surface area contributed by atoms with E-state index in [2.05, 4.69) is 21.5 Å². The SMILES string of the molecule is C#C[C@H](C)NC(=O)c1cn(C[C@@H]2CCCN2C(=O)OC(C)(C)C)nn1. The van der Waals surface area contributed by atoms with Gasteiger partial charge in [-0.3, -0.25) is 4.79 Å². The summed E-state index contributed by atoms with van der Waals surface area (Å²) < 4.78 is 7.02. The molecular weight excluding hydrogens is 322 g/mol. The topological polar surface area (TPSA) is 89.4 Å². The number of nitrogens with zero attached hydrogens (tertiary/aromatic N) is 4. The van der Waals surface area contributed by atoms with E-state index in [1.165, 1.54) is 0 Å². The van der Waals surface area contributed by atoms with E-state index in [1.807, 2.05) is 20.8 Å². The van der Waals surface area contributed by atoms with Crippen molar-refractivity contribution in [3.05, 3.63) is 11.9 Å². The van der Waals surface area contributed by atoms with E-state index in [1.54, 1.807) is 22.7 Å².